The van der Waals surface area contributed by atoms with Crippen LogP contribution in [0.4, 0.5) is 5.95 Å². The van der Waals surface area contributed by atoms with Gasteiger partial charge in [-0.3, -0.25) is 9.69 Å². The van der Waals surface area contributed by atoms with Gasteiger partial charge in [0.2, 0.25) is 12.7 Å². The second-order valence-electron chi connectivity index (χ2n) is 7.89. The van der Waals surface area contributed by atoms with Crippen LogP contribution in [0.5, 0.6) is 11.5 Å². The summed E-state index contributed by atoms with van der Waals surface area (Å²) in [6.45, 7) is 6.57. The topological polar surface area (TPSA) is 79.8 Å². The lowest BCUT2D eigenvalue weighted by Gasteiger charge is -2.35. The molecule has 5 rings (SSSR count). The Labute approximate surface area is 169 Å². The van der Waals surface area contributed by atoms with Gasteiger partial charge in [-0.05, 0) is 43.5 Å². The molecule has 0 unspecified atom stereocenters. The zero-order valence-corrected chi connectivity index (χ0v) is 16.6. The van der Waals surface area contributed by atoms with Gasteiger partial charge < -0.3 is 19.7 Å². The number of hydrogen-bond donors (Lipinski definition) is 1. The second kappa shape index (κ2) is 7.51. The van der Waals surface area contributed by atoms with Crippen molar-refractivity contribution in [2.24, 2.45) is 0 Å². The van der Waals surface area contributed by atoms with Crippen molar-refractivity contribution >= 4 is 11.9 Å². The molecule has 3 aliphatic rings. The molecule has 1 aromatic heterocycles. The Hall–Kier alpha value is -2.87. The number of piperazine rings is 1. The maximum Gasteiger partial charge on any atom is 0.270 e. The van der Waals surface area contributed by atoms with E-state index in [0.717, 1.165) is 62.8 Å². The third kappa shape index (κ3) is 4.12. The summed E-state index contributed by atoms with van der Waals surface area (Å²) < 4.78 is 10.9. The van der Waals surface area contributed by atoms with Crippen molar-refractivity contribution in [2.45, 2.75) is 32.4 Å². The molecular weight excluding hydrogens is 370 g/mol. The standard InChI is InChI=1S/C21H25N5O3/c1-14-10-17(20(27)23-16-3-4-16)24-21(22-14)26-8-6-25(7-9-26)12-15-2-5-18-19(11-15)29-13-28-18/h2,5,10-11,16H,3-4,6-9,12-13H2,1H3,(H,23,27). The fourth-order valence-electron chi connectivity index (χ4n) is 3.70. The van der Waals surface area contributed by atoms with Crippen LogP contribution in [0.25, 0.3) is 0 Å². The van der Waals surface area contributed by atoms with Crippen molar-refractivity contribution in [2.75, 3.05) is 37.9 Å². The summed E-state index contributed by atoms with van der Waals surface area (Å²) >= 11 is 0. The van der Waals surface area contributed by atoms with Crippen molar-refractivity contribution in [1.82, 2.24) is 20.2 Å². The van der Waals surface area contributed by atoms with Crippen LogP contribution in [0, 0.1) is 6.92 Å². The van der Waals surface area contributed by atoms with Crippen molar-refractivity contribution in [3.8, 4) is 11.5 Å². The van der Waals surface area contributed by atoms with E-state index in [9.17, 15) is 4.79 Å². The number of nitrogens with one attached hydrogen (secondary N) is 1. The molecule has 0 bridgehead atoms. The van der Waals surface area contributed by atoms with Crippen LogP contribution in [0.15, 0.2) is 24.3 Å². The van der Waals surface area contributed by atoms with Gasteiger partial charge in [-0.1, -0.05) is 6.07 Å². The number of benzene rings is 1. The molecule has 0 atom stereocenters. The minimum absolute atomic E-state index is 0.0966. The number of anilines is 1. The lowest BCUT2D eigenvalue weighted by molar-refractivity contribution is 0.0945. The monoisotopic (exact) mass is 395 g/mol. The quantitative estimate of drug-likeness (QED) is 0.826. The molecule has 2 aromatic rings. The fraction of sp³-hybridized carbons (Fsp3) is 0.476. The van der Waals surface area contributed by atoms with E-state index >= 15 is 0 Å². The summed E-state index contributed by atoms with van der Waals surface area (Å²) in [5.41, 5.74) is 2.49. The van der Waals surface area contributed by atoms with Gasteiger partial charge in [0.1, 0.15) is 5.69 Å². The molecule has 1 amide bonds. The predicted molar refractivity (Wildman–Crippen MR) is 107 cm³/mol. The molecule has 1 N–H and O–H groups in total. The predicted octanol–water partition coefficient (Wildman–Crippen LogP) is 1.73. The van der Waals surface area contributed by atoms with E-state index in [1.54, 1.807) is 6.07 Å². The maximum absolute atomic E-state index is 12.4. The number of fused-ring (bicyclic) bond motifs is 1. The van der Waals surface area contributed by atoms with Crippen LogP contribution in [0.1, 0.15) is 34.6 Å². The molecule has 2 fully saturated rings. The van der Waals surface area contributed by atoms with Gasteiger partial charge in [0, 0.05) is 44.5 Å². The molecule has 1 aliphatic carbocycles. The summed E-state index contributed by atoms with van der Waals surface area (Å²) in [5.74, 6) is 2.19. The SMILES string of the molecule is Cc1cc(C(=O)NC2CC2)nc(N2CCN(Cc3ccc4c(c3)OCO4)CC2)n1. The first-order valence-corrected chi connectivity index (χ1v) is 10.2. The molecule has 29 heavy (non-hydrogen) atoms. The molecular formula is C21H25N5O3. The number of amides is 1. The van der Waals surface area contributed by atoms with E-state index in [4.69, 9.17) is 9.47 Å². The normalized spacial score (nSPS) is 18.7. The summed E-state index contributed by atoms with van der Waals surface area (Å²) in [5, 5.41) is 3.00. The van der Waals surface area contributed by atoms with Gasteiger partial charge in [0.05, 0.1) is 0 Å². The van der Waals surface area contributed by atoms with Crippen LogP contribution >= 0.6 is 0 Å². The minimum atomic E-state index is -0.0966. The van der Waals surface area contributed by atoms with Gasteiger partial charge in [0.25, 0.3) is 5.91 Å². The number of nitrogens with zero attached hydrogens (tertiary/aromatic N) is 4. The third-order valence-corrected chi connectivity index (χ3v) is 5.49. The van der Waals surface area contributed by atoms with Crippen molar-refractivity contribution in [3.05, 3.63) is 41.2 Å². The fourth-order valence-corrected chi connectivity index (χ4v) is 3.70. The van der Waals surface area contributed by atoms with Crippen molar-refractivity contribution < 1.29 is 14.3 Å². The Balaban J connectivity index is 1.21. The highest BCUT2D eigenvalue weighted by Gasteiger charge is 2.26. The van der Waals surface area contributed by atoms with E-state index in [1.165, 1.54) is 5.56 Å². The molecule has 1 saturated heterocycles. The van der Waals surface area contributed by atoms with Gasteiger partial charge in [-0.15, -0.1) is 0 Å². The zero-order chi connectivity index (χ0) is 19.8. The summed E-state index contributed by atoms with van der Waals surface area (Å²) in [6, 6.07) is 8.21. The van der Waals surface area contributed by atoms with E-state index in [2.05, 4.69) is 37.2 Å². The van der Waals surface area contributed by atoms with Crippen LogP contribution in [0.2, 0.25) is 0 Å². The second-order valence-corrected chi connectivity index (χ2v) is 7.89. The number of hydrogen-bond acceptors (Lipinski definition) is 7. The first-order chi connectivity index (χ1) is 14.1. The Morgan fingerprint density at radius 3 is 2.69 bits per heavy atom. The number of aromatic nitrogens is 2. The number of ether oxygens (including phenoxy) is 2. The van der Waals surface area contributed by atoms with Gasteiger partial charge in [-0.25, -0.2) is 9.97 Å². The highest BCUT2D eigenvalue weighted by atomic mass is 16.7. The Kier molecular flexibility index (Phi) is 4.71. The largest absolute Gasteiger partial charge is 0.454 e. The van der Waals surface area contributed by atoms with Gasteiger partial charge >= 0.3 is 0 Å². The van der Waals surface area contributed by atoms with Crippen LogP contribution in [-0.4, -0.2) is 59.8 Å². The molecule has 2 aliphatic heterocycles. The summed E-state index contributed by atoms with van der Waals surface area (Å²) in [4.78, 5) is 26.1. The van der Waals surface area contributed by atoms with Crippen LogP contribution < -0.4 is 19.7 Å². The molecule has 1 saturated carbocycles. The minimum Gasteiger partial charge on any atom is -0.454 e. The first kappa shape index (κ1) is 18.2. The average Bonchev–Trinajstić information content (AvgIpc) is 3.41. The van der Waals surface area contributed by atoms with Crippen molar-refractivity contribution in [1.29, 1.82) is 0 Å². The molecule has 8 nitrogen and oxygen atoms in total. The zero-order valence-electron chi connectivity index (χ0n) is 16.6. The van der Waals surface area contributed by atoms with Gasteiger partial charge in [0.15, 0.2) is 11.5 Å². The number of aryl methyl sites for hydroxylation is 1. The smallest absolute Gasteiger partial charge is 0.270 e. The first-order valence-electron chi connectivity index (χ1n) is 10.2. The number of carbonyl (C=O) groups excluding carboxylic acids is 1. The number of rotatable bonds is 5. The molecule has 152 valence electrons. The maximum atomic E-state index is 12.4. The molecule has 3 heterocycles. The molecule has 8 heteroatoms. The lowest BCUT2D eigenvalue weighted by atomic mass is 10.1. The highest BCUT2D eigenvalue weighted by Crippen LogP contribution is 2.33. The Bertz CT molecular complexity index is 923. The Morgan fingerprint density at radius 1 is 1.10 bits per heavy atom. The Morgan fingerprint density at radius 2 is 1.90 bits per heavy atom. The molecule has 1 aromatic carbocycles. The molecule has 0 spiro atoms. The molecule has 0 radical (unpaired) electrons. The van der Waals surface area contributed by atoms with E-state index in [0.29, 0.717) is 24.5 Å². The summed E-state index contributed by atoms with van der Waals surface area (Å²) in [6.07, 6.45) is 2.13. The van der Waals surface area contributed by atoms with Crippen LogP contribution in [-0.2, 0) is 6.54 Å². The van der Waals surface area contributed by atoms with Crippen molar-refractivity contribution in [3.63, 3.8) is 0 Å². The number of carbonyl (C=O) groups is 1. The van der Waals surface area contributed by atoms with E-state index in [-0.39, 0.29) is 5.91 Å². The lowest BCUT2D eigenvalue weighted by Crippen LogP contribution is -2.46. The van der Waals surface area contributed by atoms with Gasteiger partial charge in [-0.2, -0.15) is 0 Å². The third-order valence-electron chi connectivity index (χ3n) is 5.49. The van der Waals surface area contributed by atoms with Crippen LogP contribution in [0.3, 0.4) is 0 Å². The summed E-state index contributed by atoms with van der Waals surface area (Å²) in [7, 11) is 0. The van der Waals surface area contributed by atoms with E-state index < -0.39 is 0 Å². The highest BCUT2D eigenvalue weighted by molar-refractivity contribution is 5.93. The van der Waals surface area contributed by atoms with E-state index in [1.807, 2.05) is 13.0 Å². The average molecular weight is 395 g/mol.